The molecule has 0 aliphatic heterocycles. The van der Waals surface area contributed by atoms with Crippen LogP contribution in [0.4, 0.5) is 0 Å². The SMILES string of the molecule is COCCOc1cc(OCCOC)c(PC(=O)c2c(Cl)cccc2Cl)c(OCCOC)c1.[LiH]. The molecule has 0 amide bonds. The number of halogens is 2. The van der Waals surface area contributed by atoms with Gasteiger partial charge in [-0.2, -0.15) is 0 Å². The third-order valence-corrected chi connectivity index (χ3v) is 5.96. The van der Waals surface area contributed by atoms with Crippen LogP contribution in [0.1, 0.15) is 10.4 Å². The Labute approximate surface area is 218 Å². The van der Waals surface area contributed by atoms with Crippen molar-refractivity contribution in [1.82, 2.24) is 0 Å². The molecule has 0 aromatic heterocycles. The van der Waals surface area contributed by atoms with E-state index in [2.05, 4.69) is 0 Å². The Balaban J connectivity index is 0.00000544. The molecular formula is C22H28Cl2LiO7P. The predicted molar refractivity (Wildman–Crippen MR) is 134 cm³/mol. The van der Waals surface area contributed by atoms with Gasteiger partial charge in [-0.25, -0.2) is 0 Å². The molecule has 2 rings (SSSR count). The topological polar surface area (TPSA) is 72.5 Å². The molecule has 0 spiro atoms. The molecular weight excluding hydrogens is 485 g/mol. The van der Waals surface area contributed by atoms with E-state index in [0.717, 1.165) is 0 Å². The number of rotatable bonds is 15. The van der Waals surface area contributed by atoms with Gasteiger partial charge in [0.2, 0.25) is 0 Å². The van der Waals surface area contributed by atoms with Crippen LogP contribution in [-0.2, 0) is 14.2 Å². The zero-order valence-electron chi connectivity index (χ0n) is 18.2. The Hall–Kier alpha value is -1.00. The summed E-state index contributed by atoms with van der Waals surface area (Å²) in [5.41, 5.74) is 0.0297. The summed E-state index contributed by atoms with van der Waals surface area (Å²) in [5.74, 6) is 1.44. The van der Waals surface area contributed by atoms with Gasteiger partial charge >= 0.3 is 18.9 Å². The van der Waals surface area contributed by atoms with Crippen LogP contribution in [0.2, 0.25) is 10.0 Å². The first-order valence-corrected chi connectivity index (χ1v) is 11.6. The van der Waals surface area contributed by atoms with Gasteiger partial charge < -0.3 is 28.4 Å². The van der Waals surface area contributed by atoms with Gasteiger partial charge in [0, 0.05) is 33.5 Å². The van der Waals surface area contributed by atoms with Crippen molar-refractivity contribution in [2.45, 2.75) is 0 Å². The van der Waals surface area contributed by atoms with Gasteiger partial charge in [-0.05, 0) is 20.7 Å². The van der Waals surface area contributed by atoms with Crippen LogP contribution < -0.4 is 19.5 Å². The molecule has 2 aromatic carbocycles. The predicted octanol–water partition coefficient (Wildman–Crippen LogP) is 3.56. The quantitative estimate of drug-likeness (QED) is 0.205. The van der Waals surface area contributed by atoms with Crippen LogP contribution in [0.25, 0.3) is 0 Å². The molecule has 0 fully saturated rings. The zero-order valence-corrected chi connectivity index (χ0v) is 20.8. The van der Waals surface area contributed by atoms with Crippen LogP contribution >= 0.6 is 31.8 Å². The van der Waals surface area contributed by atoms with E-state index in [4.69, 9.17) is 51.6 Å². The Morgan fingerprint density at radius 2 is 1.24 bits per heavy atom. The molecule has 7 nitrogen and oxygen atoms in total. The number of carbonyl (C=O) groups is 1. The Bertz CT molecular complexity index is 835. The summed E-state index contributed by atoms with van der Waals surface area (Å²) in [6, 6.07) is 8.39. The first-order valence-electron chi connectivity index (χ1n) is 9.80. The third-order valence-electron chi connectivity index (χ3n) is 4.11. The molecule has 11 heteroatoms. The number of ether oxygens (including phenoxy) is 6. The standard InChI is InChI=1S/C22H27Cl2O7P.Li.H/c1-26-7-10-29-15-13-18(30-11-8-27-2)21(19(14-15)31-12-9-28-3)32-22(25)20-16(23)5-4-6-17(20)24;;/h4-6,13-14,32H,7-12H2,1-3H3;;. The fourth-order valence-corrected chi connectivity index (χ4v) is 4.49. The maximum absolute atomic E-state index is 13.2. The van der Waals surface area contributed by atoms with Crippen LogP contribution in [0.15, 0.2) is 30.3 Å². The molecule has 178 valence electrons. The van der Waals surface area contributed by atoms with Crippen molar-refractivity contribution in [3.63, 3.8) is 0 Å². The molecule has 0 saturated heterocycles. The van der Waals surface area contributed by atoms with Crippen LogP contribution in [0.3, 0.4) is 0 Å². The fourth-order valence-electron chi connectivity index (χ4n) is 2.60. The van der Waals surface area contributed by atoms with Gasteiger partial charge in [0.25, 0.3) is 0 Å². The third kappa shape index (κ3) is 9.64. The number of carbonyl (C=O) groups excluding carboxylic acids is 1. The van der Waals surface area contributed by atoms with E-state index in [9.17, 15) is 4.79 Å². The summed E-state index contributed by atoms with van der Waals surface area (Å²) in [5, 5.41) is 1.16. The van der Waals surface area contributed by atoms with E-state index >= 15 is 0 Å². The average molecular weight is 513 g/mol. The fraction of sp³-hybridized carbons (Fsp3) is 0.409. The molecule has 0 N–H and O–H groups in total. The molecule has 1 unspecified atom stereocenters. The van der Waals surface area contributed by atoms with E-state index in [-0.39, 0.29) is 51.7 Å². The Morgan fingerprint density at radius 1 is 0.788 bits per heavy atom. The van der Waals surface area contributed by atoms with Gasteiger partial charge in [-0.1, -0.05) is 29.3 Å². The van der Waals surface area contributed by atoms with Gasteiger partial charge in [-0.3, -0.25) is 4.79 Å². The normalized spacial score (nSPS) is 10.8. The van der Waals surface area contributed by atoms with Gasteiger partial charge in [0.05, 0.1) is 40.7 Å². The number of benzene rings is 2. The van der Waals surface area contributed by atoms with E-state index in [1.54, 1.807) is 51.7 Å². The number of methoxy groups -OCH3 is 3. The minimum absolute atomic E-state index is 0. The van der Waals surface area contributed by atoms with Crippen molar-refractivity contribution in [2.75, 3.05) is 61.0 Å². The van der Waals surface area contributed by atoms with Crippen molar-refractivity contribution in [3.05, 3.63) is 45.9 Å². The summed E-state index contributed by atoms with van der Waals surface area (Å²) in [4.78, 5) is 13.2. The van der Waals surface area contributed by atoms with Crippen LogP contribution in [0.5, 0.6) is 17.2 Å². The van der Waals surface area contributed by atoms with Gasteiger partial charge in [-0.15, -0.1) is 0 Å². The monoisotopic (exact) mass is 512 g/mol. The molecule has 0 aliphatic carbocycles. The Morgan fingerprint density at radius 3 is 1.70 bits per heavy atom. The molecule has 0 radical (unpaired) electrons. The second kappa shape index (κ2) is 16.6. The molecule has 0 bridgehead atoms. The second-order valence-corrected chi connectivity index (χ2v) is 8.39. The molecule has 2 aromatic rings. The van der Waals surface area contributed by atoms with Crippen LogP contribution in [0, 0.1) is 0 Å². The second-order valence-electron chi connectivity index (χ2n) is 6.37. The minimum atomic E-state index is -0.351. The molecule has 1 atom stereocenters. The van der Waals surface area contributed by atoms with Crippen molar-refractivity contribution < 1.29 is 33.2 Å². The summed E-state index contributed by atoms with van der Waals surface area (Å²) in [6.07, 6.45) is 0. The van der Waals surface area contributed by atoms with E-state index < -0.39 is 0 Å². The summed E-state index contributed by atoms with van der Waals surface area (Å²) < 4.78 is 32.8. The van der Waals surface area contributed by atoms with E-state index in [1.807, 2.05) is 0 Å². The van der Waals surface area contributed by atoms with Crippen LogP contribution in [-0.4, -0.2) is 85.4 Å². The maximum atomic E-state index is 13.2. The van der Waals surface area contributed by atoms with E-state index in [0.29, 0.717) is 59.0 Å². The van der Waals surface area contributed by atoms with Crippen molar-refractivity contribution in [1.29, 1.82) is 0 Å². The summed E-state index contributed by atoms with van der Waals surface area (Å²) in [6.45, 7) is 2.10. The van der Waals surface area contributed by atoms with Gasteiger partial charge in [0.1, 0.15) is 37.1 Å². The average Bonchev–Trinajstić information content (AvgIpc) is 2.76. The molecule has 0 heterocycles. The number of hydrogen-bond donors (Lipinski definition) is 0. The van der Waals surface area contributed by atoms with E-state index in [1.165, 1.54) is 0 Å². The molecule has 33 heavy (non-hydrogen) atoms. The van der Waals surface area contributed by atoms with Crippen molar-refractivity contribution >= 4 is 61.5 Å². The first kappa shape index (κ1) is 30.0. The van der Waals surface area contributed by atoms with Gasteiger partial charge in [0.15, 0.2) is 5.52 Å². The summed E-state index contributed by atoms with van der Waals surface area (Å²) in [7, 11) is 4.41. The first-order chi connectivity index (χ1) is 15.5. The molecule has 0 aliphatic rings. The Kier molecular flexibility index (Phi) is 15.1. The summed E-state index contributed by atoms with van der Waals surface area (Å²) >= 11 is 12.5. The zero-order chi connectivity index (χ0) is 23.3. The number of hydrogen-bond acceptors (Lipinski definition) is 7. The van der Waals surface area contributed by atoms with Crippen molar-refractivity contribution in [2.24, 2.45) is 0 Å². The molecule has 0 saturated carbocycles. The van der Waals surface area contributed by atoms with Crippen molar-refractivity contribution in [3.8, 4) is 17.2 Å².